The third-order valence-electron chi connectivity index (χ3n) is 8.05. The molecule has 202 valence electrons. The molecule has 9 nitrogen and oxygen atoms in total. The molecule has 3 aromatic heterocycles. The van der Waals surface area contributed by atoms with Crippen LogP contribution < -0.4 is 11.1 Å². The van der Waals surface area contributed by atoms with Gasteiger partial charge in [-0.15, -0.1) is 0 Å². The van der Waals surface area contributed by atoms with Gasteiger partial charge in [0, 0.05) is 72.8 Å². The van der Waals surface area contributed by atoms with Crippen LogP contribution in [0.15, 0.2) is 49.2 Å². The van der Waals surface area contributed by atoms with E-state index in [4.69, 9.17) is 10.5 Å². The molecule has 3 N–H and O–H groups in total. The average Bonchev–Trinajstić information content (AvgIpc) is 3.39. The number of ether oxygens (including phenoxy) is 1. The number of fused-ring (bicyclic) bond motifs is 1. The van der Waals surface area contributed by atoms with E-state index in [-0.39, 0.29) is 29.3 Å². The number of benzene rings is 1. The van der Waals surface area contributed by atoms with Crippen molar-refractivity contribution in [3.05, 3.63) is 66.1 Å². The van der Waals surface area contributed by atoms with Gasteiger partial charge in [-0.3, -0.25) is 19.4 Å². The van der Waals surface area contributed by atoms with Gasteiger partial charge in [-0.2, -0.15) is 5.10 Å². The first-order valence-corrected chi connectivity index (χ1v) is 13.3. The molecule has 6 rings (SSSR count). The minimum atomic E-state index is -0.502. The second-order valence-electron chi connectivity index (χ2n) is 10.5. The zero-order chi connectivity index (χ0) is 27.1. The van der Waals surface area contributed by atoms with Crippen molar-refractivity contribution >= 4 is 28.2 Å². The van der Waals surface area contributed by atoms with Crippen molar-refractivity contribution in [1.82, 2.24) is 24.6 Å². The fourth-order valence-corrected chi connectivity index (χ4v) is 5.64. The number of amides is 1. The molecule has 0 bridgehead atoms. The van der Waals surface area contributed by atoms with Gasteiger partial charge >= 0.3 is 0 Å². The third-order valence-corrected chi connectivity index (χ3v) is 8.05. The first-order valence-electron chi connectivity index (χ1n) is 13.3. The largest absolute Gasteiger partial charge is 0.396 e. The lowest BCUT2D eigenvalue weighted by Gasteiger charge is -2.26. The molecule has 4 aromatic rings. The lowest BCUT2D eigenvalue weighted by molar-refractivity contribution is -0.117. The number of halogens is 1. The van der Waals surface area contributed by atoms with E-state index < -0.39 is 5.82 Å². The monoisotopic (exact) mass is 529 g/mol. The van der Waals surface area contributed by atoms with Crippen molar-refractivity contribution in [2.45, 2.75) is 26.3 Å². The molecule has 1 unspecified atom stereocenters. The Bertz CT molecular complexity index is 1530. The van der Waals surface area contributed by atoms with Crippen LogP contribution in [0.1, 0.15) is 24.0 Å². The molecule has 2 aliphatic rings. The molecule has 2 fully saturated rings. The minimum absolute atomic E-state index is 0.0256. The summed E-state index contributed by atoms with van der Waals surface area (Å²) < 4.78 is 22.5. The number of nitrogen functional groups attached to an aromatic ring is 1. The highest BCUT2D eigenvalue weighted by Gasteiger charge is 2.53. The molecular weight excluding hydrogens is 497 g/mol. The number of carbonyl (C=O) groups is 1. The van der Waals surface area contributed by atoms with Gasteiger partial charge in [0.1, 0.15) is 5.82 Å². The van der Waals surface area contributed by atoms with E-state index in [9.17, 15) is 4.79 Å². The molecule has 0 radical (unpaired) electrons. The highest BCUT2D eigenvalue weighted by atomic mass is 19.1. The topological polar surface area (TPSA) is 111 Å². The van der Waals surface area contributed by atoms with Gasteiger partial charge in [-0.05, 0) is 47.6 Å². The van der Waals surface area contributed by atoms with Crippen LogP contribution in [0.4, 0.5) is 15.9 Å². The zero-order valence-corrected chi connectivity index (χ0v) is 22.1. The van der Waals surface area contributed by atoms with Gasteiger partial charge in [0.25, 0.3) is 0 Å². The molecule has 10 heteroatoms. The fourth-order valence-electron chi connectivity index (χ4n) is 5.64. The molecule has 1 aromatic carbocycles. The zero-order valence-electron chi connectivity index (χ0n) is 22.1. The maximum Gasteiger partial charge on any atom is 0.229 e. The molecule has 39 heavy (non-hydrogen) atoms. The summed E-state index contributed by atoms with van der Waals surface area (Å²) in [6.45, 7) is 9.18. The third kappa shape index (κ3) is 4.97. The summed E-state index contributed by atoms with van der Waals surface area (Å²) in [6, 6.07) is 5.30. The van der Waals surface area contributed by atoms with E-state index >= 15 is 4.39 Å². The Labute approximate surface area is 226 Å². The number of nitrogens with zero attached hydrogens (tertiary/aromatic N) is 5. The van der Waals surface area contributed by atoms with Crippen LogP contribution in [0.5, 0.6) is 0 Å². The van der Waals surface area contributed by atoms with E-state index in [0.717, 1.165) is 50.5 Å². The van der Waals surface area contributed by atoms with Gasteiger partial charge in [0.05, 0.1) is 31.6 Å². The van der Waals surface area contributed by atoms with Crippen LogP contribution in [0.25, 0.3) is 21.9 Å². The number of aromatic nitrogens is 4. The smallest absolute Gasteiger partial charge is 0.229 e. The summed E-state index contributed by atoms with van der Waals surface area (Å²) in [4.78, 5) is 24.1. The van der Waals surface area contributed by atoms with Crippen molar-refractivity contribution in [3.63, 3.8) is 0 Å². The predicted molar refractivity (Wildman–Crippen MR) is 148 cm³/mol. The lowest BCUT2D eigenvalue weighted by atomic mass is 9.98. The maximum atomic E-state index is 15.1. The van der Waals surface area contributed by atoms with Crippen molar-refractivity contribution in [2.75, 3.05) is 43.9 Å². The Morgan fingerprint density at radius 1 is 1.18 bits per heavy atom. The van der Waals surface area contributed by atoms with E-state index in [2.05, 4.69) is 38.4 Å². The van der Waals surface area contributed by atoms with Crippen LogP contribution in [-0.2, 0) is 16.1 Å². The van der Waals surface area contributed by atoms with Crippen molar-refractivity contribution in [3.8, 4) is 11.1 Å². The molecule has 1 aliphatic carbocycles. The summed E-state index contributed by atoms with van der Waals surface area (Å²) in [5, 5.41) is 8.69. The molecule has 3 atom stereocenters. The summed E-state index contributed by atoms with van der Waals surface area (Å²) in [5.74, 6) is -0.0198. The van der Waals surface area contributed by atoms with Gasteiger partial charge < -0.3 is 15.8 Å². The summed E-state index contributed by atoms with van der Waals surface area (Å²) >= 11 is 0. The lowest BCUT2D eigenvalue weighted by Crippen LogP contribution is -2.38. The Balaban J connectivity index is 1.16. The van der Waals surface area contributed by atoms with E-state index in [1.807, 2.05) is 23.9 Å². The summed E-state index contributed by atoms with van der Waals surface area (Å²) in [6.07, 6.45) is 8.74. The Morgan fingerprint density at radius 2 is 2.00 bits per heavy atom. The molecule has 4 heterocycles. The molecular formula is C29H32FN7O2. The highest BCUT2D eigenvalue weighted by molar-refractivity contribution is 6.00. The van der Waals surface area contributed by atoms with Gasteiger partial charge in [0.2, 0.25) is 5.91 Å². The normalized spacial score (nSPS) is 21.3. The van der Waals surface area contributed by atoms with Gasteiger partial charge in [-0.1, -0.05) is 6.92 Å². The number of hydrogen-bond acceptors (Lipinski definition) is 7. The van der Waals surface area contributed by atoms with Gasteiger partial charge in [-0.25, -0.2) is 9.37 Å². The summed E-state index contributed by atoms with van der Waals surface area (Å²) in [7, 11) is 0. The van der Waals surface area contributed by atoms with Crippen molar-refractivity contribution < 1.29 is 13.9 Å². The number of hydrogen-bond donors (Lipinski definition) is 2. The highest BCUT2D eigenvalue weighted by Crippen LogP contribution is 2.54. The van der Waals surface area contributed by atoms with E-state index in [0.29, 0.717) is 27.7 Å². The Morgan fingerprint density at radius 3 is 2.79 bits per heavy atom. The Kier molecular flexibility index (Phi) is 6.74. The molecule has 1 aliphatic heterocycles. The molecule has 0 spiro atoms. The molecule has 1 saturated heterocycles. The minimum Gasteiger partial charge on any atom is -0.396 e. The number of pyridine rings is 2. The first kappa shape index (κ1) is 25.4. The second-order valence-corrected chi connectivity index (χ2v) is 10.5. The number of nitrogens with one attached hydrogen (secondary N) is 1. The SMILES string of the molecule is Cc1ccncc1-c1cc2cc(NC(=O)C3[C@H](C)[C@H]3c3cnn(CCN4CCOCC4)c3)ncc2c(N)c1F. The van der Waals surface area contributed by atoms with Crippen LogP contribution >= 0.6 is 0 Å². The number of morpholine rings is 1. The summed E-state index contributed by atoms with van der Waals surface area (Å²) in [5.41, 5.74) is 9.18. The number of carbonyl (C=O) groups excluding carboxylic acids is 1. The van der Waals surface area contributed by atoms with Crippen LogP contribution in [-0.4, -0.2) is 63.4 Å². The standard InChI is InChI=1S/C29H32FN7O2/c1-17-3-4-32-14-22(17)21-11-19-12-24(33-15-23(19)28(31)27(21)30)35-29(38)26-18(2)25(26)20-13-34-37(16-20)6-5-36-7-9-39-10-8-36/h3-4,11-16,18,25-26H,5-10,31H2,1-2H3,(H,33,35,38)/t18-,25+,26?/m1/s1. The quantitative estimate of drug-likeness (QED) is 0.350. The van der Waals surface area contributed by atoms with Crippen LogP contribution in [0, 0.1) is 24.6 Å². The van der Waals surface area contributed by atoms with Crippen molar-refractivity contribution in [1.29, 1.82) is 0 Å². The Hall–Kier alpha value is -3.89. The number of anilines is 2. The number of rotatable bonds is 7. The van der Waals surface area contributed by atoms with Gasteiger partial charge in [0.15, 0.2) is 5.82 Å². The van der Waals surface area contributed by atoms with Crippen molar-refractivity contribution in [2.24, 2.45) is 11.8 Å². The van der Waals surface area contributed by atoms with E-state index in [1.165, 1.54) is 6.20 Å². The van der Waals surface area contributed by atoms with Crippen LogP contribution in [0.3, 0.4) is 0 Å². The predicted octanol–water partition coefficient (Wildman–Crippen LogP) is 3.84. The first-order chi connectivity index (χ1) is 18.9. The molecule has 1 saturated carbocycles. The average molecular weight is 530 g/mol. The fraction of sp³-hybridized carbons (Fsp3) is 0.379. The molecule has 1 amide bonds. The maximum absolute atomic E-state index is 15.1. The van der Waals surface area contributed by atoms with E-state index in [1.54, 1.807) is 24.5 Å². The number of aryl methyl sites for hydroxylation is 1. The number of nitrogens with two attached hydrogens (primary N) is 1. The second kappa shape index (κ2) is 10.3. The van der Waals surface area contributed by atoms with Crippen LogP contribution in [0.2, 0.25) is 0 Å².